The molecular weight excluding hydrogens is 402 g/mol. The normalized spacial score (nSPS) is 10.9. The number of nitrogens with zero attached hydrogens (tertiary/aromatic N) is 4. The zero-order valence-electron chi connectivity index (χ0n) is 16.3. The number of thiophene rings is 1. The quantitative estimate of drug-likeness (QED) is 0.531. The topological polar surface area (TPSA) is 85.7 Å². The van der Waals surface area contributed by atoms with Gasteiger partial charge < -0.3 is 4.90 Å². The van der Waals surface area contributed by atoms with Crippen molar-refractivity contribution >= 4 is 46.8 Å². The van der Waals surface area contributed by atoms with Crippen molar-refractivity contribution in [1.29, 1.82) is 5.26 Å². The smallest absolute Gasteiger partial charge is 0.237 e. The van der Waals surface area contributed by atoms with Gasteiger partial charge in [0.05, 0.1) is 18.2 Å². The minimum atomic E-state index is -0.0750. The molecule has 3 aromatic rings. The van der Waals surface area contributed by atoms with Crippen LogP contribution in [0.1, 0.15) is 28.2 Å². The molecule has 2 heterocycles. The van der Waals surface area contributed by atoms with Crippen LogP contribution in [-0.4, -0.2) is 33.4 Å². The summed E-state index contributed by atoms with van der Waals surface area (Å²) in [5, 5.41) is 18.5. The molecule has 1 aromatic carbocycles. The highest BCUT2D eigenvalue weighted by molar-refractivity contribution is 7.99. The van der Waals surface area contributed by atoms with Crippen molar-refractivity contribution in [1.82, 2.24) is 15.2 Å². The van der Waals surface area contributed by atoms with E-state index in [1.54, 1.807) is 16.2 Å². The van der Waals surface area contributed by atoms with Gasteiger partial charge in [-0.2, -0.15) is 5.26 Å². The number of anilines is 1. The van der Waals surface area contributed by atoms with Crippen molar-refractivity contribution < 1.29 is 4.79 Å². The van der Waals surface area contributed by atoms with Crippen LogP contribution in [0.5, 0.6) is 0 Å². The van der Waals surface area contributed by atoms with E-state index >= 15 is 0 Å². The molecule has 0 aliphatic rings. The first kappa shape index (κ1) is 20.8. The Balaban J connectivity index is 1.64. The third-order valence-electron chi connectivity index (χ3n) is 4.31. The van der Waals surface area contributed by atoms with Crippen LogP contribution in [-0.2, 0) is 4.79 Å². The Bertz CT molecular complexity index is 1030. The Morgan fingerprint density at radius 2 is 2.17 bits per heavy atom. The zero-order valence-corrected chi connectivity index (χ0v) is 17.9. The van der Waals surface area contributed by atoms with E-state index in [1.807, 2.05) is 61.7 Å². The van der Waals surface area contributed by atoms with Crippen LogP contribution in [0.15, 0.2) is 40.9 Å². The molecule has 0 saturated heterocycles. The average Bonchev–Trinajstić information content (AvgIpc) is 3.39. The van der Waals surface area contributed by atoms with Gasteiger partial charge in [-0.1, -0.05) is 23.9 Å². The van der Waals surface area contributed by atoms with Crippen molar-refractivity contribution in [3.8, 4) is 6.07 Å². The molecule has 3 rings (SSSR count). The van der Waals surface area contributed by atoms with Crippen molar-refractivity contribution in [2.24, 2.45) is 0 Å². The Morgan fingerprint density at radius 3 is 2.90 bits per heavy atom. The van der Waals surface area contributed by atoms with Gasteiger partial charge in [0.1, 0.15) is 5.82 Å². The molecule has 1 amide bonds. The van der Waals surface area contributed by atoms with Gasteiger partial charge in [0.2, 0.25) is 11.1 Å². The highest BCUT2D eigenvalue weighted by atomic mass is 32.2. The molecule has 0 fully saturated rings. The van der Waals surface area contributed by atoms with Crippen LogP contribution in [0.3, 0.4) is 0 Å². The second-order valence-corrected chi connectivity index (χ2v) is 8.28. The summed E-state index contributed by atoms with van der Waals surface area (Å²) >= 11 is 2.92. The van der Waals surface area contributed by atoms with Crippen molar-refractivity contribution in [2.45, 2.75) is 25.4 Å². The number of aromatic nitrogens is 3. The number of aromatic amines is 1. The number of benzene rings is 1. The molecule has 29 heavy (non-hydrogen) atoms. The van der Waals surface area contributed by atoms with Crippen LogP contribution < -0.4 is 4.90 Å². The summed E-state index contributed by atoms with van der Waals surface area (Å²) in [5.74, 6) is 0.766. The maximum absolute atomic E-state index is 12.8. The molecular formula is C21H21N5OS2. The molecule has 2 aromatic heterocycles. The Hall–Kier alpha value is -2.89. The van der Waals surface area contributed by atoms with Crippen LogP contribution in [0.25, 0.3) is 12.2 Å². The van der Waals surface area contributed by atoms with E-state index in [2.05, 4.69) is 21.3 Å². The number of hydrogen-bond donors (Lipinski definition) is 1. The fourth-order valence-corrected chi connectivity index (χ4v) is 3.90. The number of carbonyl (C=O) groups excluding carboxylic acids is 1. The lowest BCUT2D eigenvalue weighted by Gasteiger charge is -2.22. The lowest BCUT2D eigenvalue weighted by Crippen LogP contribution is -2.33. The van der Waals surface area contributed by atoms with Crippen molar-refractivity contribution in [3.05, 3.63) is 57.5 Å². The van der Waals surface area contributed by atoms with Crippen molar-refractivity contribution in [2.75, 3.05) is 17.2 Å². The number of aryl methyl sites for hydroxylation is 2. The number of nitrogens with one attached hydrogen (secondary N) is 1. The number of nitriles is 1. The van der Waals surface area contributed by atoms with Crippen molar-refractivity contribution in [3.63, 3.8) is 0 Å². The van der Waals surface area contributed by atoms with E-state index in [4.69, 9.17) is 5.26 Å². The Kier molecular flexibility index (Phi) is 7.22. The van der Waals surface area contributed by atoms with Crippen LogP contribution in [0.4, 0.5) is 5.69 Å². The molecule has 0 aliphatic carbocycles. The molecule has 0 aliphatic heterocycles. The summed E-state index contributed by atoms with van der Waals surface area (Å²) in [4.78, 5) is 20.0. The molecule has 6 nitrogen and oxygen atoms in total. The van der Waals surface area contributed by atoms with Gasteiger partial charge >= 0.3 is 0 Å². The third-order valence-corrected chi connectivity index (χ3v) is 5.98. The van der Waals surface area contributed by atoms with Gasteiger partial charge in [-0.15, -0.1) is 16.4 Å². The van der Waals surface area contributed by atoms with Gasteiger partial charge in [0, 0.05) is 17.1 Å². The van der Waals surface area contributed by atoms with Crippen LogP contribution >= 0.6 is 23.1 Å². The lowest BCUT2D eigenvalue weighted by molar-refractivity contribution is -0.116. The summed E-state index contributed by atoms with van der Waals surface area (Å²) in [6, 6.07) is 12.0. The largest absolute Gasteiger partial charge is 0.311 e. The maximum Gasteiger partial charge on any atom is 0.237 e. The second-order valence-electron chi connectivity index (χ2n) is 6.36. The summed E-state index contributed by atoms with van der Waals surface area (Å²) in [6.45, 7) is 4.41. The first-order valence-electron chi connectivity index (χ1n) is 9.08. The molecule has 0 unspecified atom stereocenters. The fourth-order valence-electron chi connectivity index (χ4n) is 2.60. The monoisotopic (exact) mass is 423 g/mol. The minimum Gasteiger partial charge on any atom is -0.311 e. The second kappa shape index (κ2) is 10.0. The number of carbonyl (C=O) groups is 1. The Morgan fingerprint density at radius 1 is 1.31 bits per heavy atom. The van der Waals surface area contributed by atoms with E-state index < -0.39 is 0 Å². The number of amides is 1. The molecule has 8 heteroatoms. The number of H-pyrrole nitrogens is 1. The predicted octanol–water partition coefficient (Wildman–Crippen LogP) is 4.69. The van der Waals surface area contributed by atoms with Crippen LogP contribution in [0.2, 0.25) is 0 Å². The molecule has 0 bridgehead atoms. The van der Waals surface area contributed by atoms with Gasteiger partial charge in [-0.25, -0.2) is 4.98 Å². The zero-order chi connectivity index (χ0) is 20.6. The number of thioether (sulfide) groups is 1. The first-order chi connectivity index (χ1) is 14.1. The van der Waals surface area contributed by atoms with Gasteiger partial charge in [0.25, 0.3) is 0 Å². The Labute approximate surface area is 178 Å². The van der Waals surface area contributed by atoms with E-state index in [9.17, 15) is 4.79 Å². The predicted molar refractivity (Wildman–Crippen MR) is 119 cm³/mol. The minimum absolute atomic E-state index is 0.0750. The SMILES string of the molecule is Cc1ccc(N(CCC#N)C(=O)CSc2n[nH]c(/C=C/c3cccs3)n2)cc1C. The molecule has 0 spiro atoms. The van der Waals surface area contributed by atoms with E-state index in [0.717, 1.165) is 16.1 Å². The summed E-state index contributed by atoms with van der Waals surface area (Å²) in [7, 11) is 0. The van der Waals surface area contributed by atoms with Gasteiger partial charge in [-0.3, -0.25) is 9.89 Å². The molecule has 1 N–H and O–H groups in total. The summed E-state index contributed by atoms with van der Waals surface area (Å²) < 4.78 is 0. The van der Waals surface area contributed by atoms with Gasteiger partial charge in [-0.05, 0) is 60.7 Å². The summed E-state index contributed by atoms with van der Waals surface area (Å²) in [6.07, 6.45) is 4.11. The standard InChI is InChI=1S/C21H21N5OS2/c1-15-6-7-17(13-16(15)2)26(11-4-10-22)20(27)14-29-21-23-19(24-25-21)9-8-18-5-3-12-28-18/h3,5-9,12-13H,4,11,14H2,1-2H3,(H,23,24,25)/b9-8+. The average molecular weight is 424 g/mol. The lowest BCUT2D eigenvalue weighted by atomic mass is 10.1. The number of rotatable bonds is 8. The van der Waals surface area contributed by atoms with Gasteiger partial charge in [0.15, 0.2) is 0 Å². The maximum atomic E-state index is 12.8. The molecule has 0 saturated carbocycles. The molecule has 148 valence electrons. The summed E-state index contributed by atoms with van der Waals surface area (Å²) in [5.41, 5.74) is 3.09. The fraction of sp³-hybridized carbons (Fsp3) is 0.238. The molecule has 0 radical (unpaired) electrons. The highest BCUT2D eigenvalue weighted by Crippen LogP contribution is 2.22. The highest BCUT2D eigenvalue weighted by Gasteiger charge is 2.17. The first-order valence-corrected chi connectivity index (χ1v) is 10.9. The van der Waals surface area contributed by atoms with E-state index in [1.165, 1.54) is 17.3 Å². The van der Waals surface area contributed by atoms with E-state index in [-0.39, 0.29) is 18.1 Å². The third kappa shape index (κ3) is 5.79. The molecule has 0 atom stereocenters. The van der Waals surface area contributed by atoms with Crippen LogP contribution in [0, 0.1) is 25.2 Å². The van der Waals surface area contributed by atoms with E-state index in [0.29, 0.717) is 17.5 Å². The number of hydrogen-bond acceptors (Lipinski definition) is 6.